The van der Waals surface area contributed by atoms with E-state index in [0.29, 0.717) is 41.0 Å². The van der Waals surface area contributed by atoms with Gasteiger partial charge in [0.1, 0.15) is 5.75 Å². The van der Waals surface area contributed by atoms with E-state index < -0.39 is 5.91 Å². The molecule has 0 spiro atoms. The van der Waals surface area contributed by atoms with Crippen LogP contribution in [0.25, 0.3) is 66.6 Å². The monoisotopic (exact) mass is 838 g/mol. The molecular formula is C50H46N8O5. The second-order valence-corrected chi connectivity index (χ2v) is 14.6. The minimum Gasteiger partial charge on any atom is -0.494 e. The molecule has 13 nitrogen and oxygen atoms in total. The predicted octanol–water partition coefficient (Wildman–Crippen LogP) is 8.17. The van der Waals surface area contributed by atoms with Gasteiger partial charge in [-0.3, -0.25) is 24.8 Å². The number of carbonyl (C=O) groups is 2. The number of para-hydroxylation sites is 1. The molecule has 0 unspecified atom stereocenters. The zero-order valence-corrected chi connectivity index (χ0v) is 34.4. The molecule has 3 heterocycles. The number of hydrogen-bond donors (Lipinski definition) is 6. The van der Waals surface area contributed by atoms with Gasteiger partial charge < -0.3 is 26.2 Å². The number of benzene rings is 5. The summed E-state index contributed by atoms with van der Waals surface area (Å²) in [4.78, 5) is 45.0. The van der Waals surface area contributed by atoms with Gasteiger partial charge in [0.2, 0.25) is 5.91 Å². The van der Waals surface area contributed by atoms with Gasteiger partial charge in [-0.1, -0.05) is 91.0 Å². The number of ether oxygens (including phenoxy) is 1. The fraction of sp³-hybridized carbons (Fsp3) is 0.140. The number of rotatable bonds is 18. The maximum atomic E-state index is 13.4. The van der Waals surface area contributed by atoms with Gasteiger partial charge in [0, 0.05) is 53.1 Å². The topological polar surface area (TPSA) is 186 Å². The molecule has 2 amide bonds. The summed E-state index contributed by atoms with van der Waals surface area (Å²) in [6, 6.07) is 45.2. The number of hydrazine groups is 1. The van der Waals surface area contributed by atoms with Gasteiger partial charge in [-0.25, -0.2) is 9.97 Å². The molecule has 0 radical (unpaired) electrons. The largest absolute Gasteiger partial charge is 0.494 e. The average Bonchev–Trinajstić information content (AvgIpc) is 3.34. The minimum absolute atomic E-state index is 0.104. The van der Waals surface area contributed by atoms with Crippen molar-refractivity contribution in [2.24, 2.45) is 5.73 Å². The summed E-state index contributed by atoms with van der Waals surface area (Å²) < 4.78 is 5.76. The van der Waals surface area contributed by atoms with Crippen LogP contribution in [-0.2, 0) is 9.63 Å². The first kappa shape index (κ1) is 42.2. The normalized spacial score (nSPS) is 11.1. The van der Waals surface area contributed by atoms with Crippen molar-refractivity contribution in [3.8, 4) is 50.5 Å². The highest BCUT2D eigenvalue weighted by Crippen LogP contribution is 2.31. The van der Waals surface area contributed by atoms with Gasteiger partial charge >= 0.3 is 0 Å². The standard InChI is InChI=1S/C50H46N8O5/c51-31-49(60)56-48-30-47(54-44-6-2-1-5-41(44)48)38-13-9-33(10-14-38)35-15-19-39(20-16-35)53-25-28-63-58-57-50(61)42-29-46(55-45-23-24-52-32-43(42)45)37-11-7-34(8-12-37)36-17-21-40(22-18-36)62-27-4-3-26-59/h1-2,5-24,29-30,32,53,58-59H,3-4,25-28,31,51H2,(H,57,61)(H,54,56,60). The number of aliphatic hydroxyl groups is 1. The third kappa shape index (κ3) is 10.5. The van der Waals surface area contributed by atoms with E-state index in [9.17, 15) is 9.59 Å². The van der Waals surface area contributed by atoms with E-state index in [4.69, 9.17) is 30.4 Å². The number of nitrogens with two attached hydrogens (primary N) is 1. The Morgan fingerprint density at radius 3 is 1.92 bits per heavy atom. The lowest BCUT2D eigenvalue weighted by molar-refractivity contribution is -0.114. The Kier molecular flexibility index (Phi) is 13.6. The number of hydrogen-bond acceptors (Lipinski definition) is 11. The minimum atomic E-state index is -0.391. The van der Waals surface area contributed by atoms with E-state index in [-0.39, 0.29) is 25.7 Å². The molecule has 3 aromatic heterocycles. The van der Waals surface area contributed by atoms with Crippen LogP contribution < -0.4 is 32.1 Å². The second-order valence-electron chi connectivity index (χ2n) is 14.6. The van der Waals surface area contributed by atoms with Crippen LogP contribution in [0, 0.1) is 0 Å². The molecule has 7 N–H and O–H groups in total. The molecule has 0 atom stereocenters. The number of nitrogens with one attached hydrogen (secondary N) is 4. The molecule has 13 heteroatoms. The van der Waals surface area contributed by atoms with Gasteiger partial charge in [0.05, 0.1) is 53.4 Å². The Morgan fingerprint density at radius 1 is 0.651 bits per heavy atom. The molecule has 5 aromatic carbocycles. The van der Waals surface area contributed by atoms with Gasteiger partial charge in [-0.2, -0.15) is 0 Å². The summed E-state index contributed by atoms with van der Waals surface area (Å²) in [7, 11) is 0. The lowest BCUT2D eigenvalue weighted by Gasteiger charge is -2.12. The Morgan fingerprint density at radius 2 is 1.25 bits per heavy atom. The van der Waals surface area contributed by atoms with Crippen LogP contribution in [0.5, 0.6) is 5.75 Å². The Bertz CT molecular complexity index is 2820. The number of aromatic nitrogens is 3. The van der Waals surface area contributed by atoms with Crippen molar-refractivity contribution in [1.82, 2.24) is 26.0 Å². The number of fused-ring (bicyclic) bond motifs is 2. The zero-order chi connectivity index (χ0) is 43.4. The summed E-state index contributed by atoms with van der Waals surface area (Å²) in [6.07, 6.45) is 4.80. The van der Waals surface area contributed by atoms with Crippen molar-refractivity contribution in [2.45, 2.75) is 12.8 Å². The van der Waals surface area contributed by atoms with Gasteiger partial charge in [-0.05, 0) is 83.6 Å². The number of nitrogens with zero attached hydrogens (tertiary/aromatic N) is 3. The van der Waals surface area contributed by atoms with Gasteiger partial charge in [0.15, 0.2) is 0 Å². The van der Waals surface area contributed by atoms with Crippen LogP contribution in [0.2, 0.25) is 0 Å². The number of unbranched alkanes of at least 4 members (excludes halogenated alkanes) is 1. The fourth-order valence-corrected chi connectivity index (χ4v) is 7.07. The van der Waals surface area contributed by atoms with Crippen molar-refractivity contribution in [2.75, 3.05) is 43.5 Å². The van der Waals surface area contributed by atoms with Crippen LogP contribution >= 0.6 is 0 Å². The first-order chi connectivity index (χ1) is 30.9. The first-order valence-corrected chi connectivity index (χ1v) is 20.7. The maximum Gasteiger partial charge on any atom is 0.267 e. The fourth-order valence-electron chi connectivity index (χ4n) is 7.07. The molecule has 8 rings (SSSR count). The van der Waals surface area contributed by atoms with E-state index in [1.54, 1.807) is 24.5 Å². The van der Waals surface area contributed by atoms with Crippen LogP contribution in [0.4, 0.5) is 11.4 Å². The zero-order valence-electron chi connectivity index (χ0n) is 34.4. The van der Waals surface area contributed by atoms with E-state index >= 15 is 0 Å². The van der Waals surface area contributed by atoms with E-state index in [1.165, 1.54) is 0 Å². The molecule has 0 saturated carbocycles. The summed E-state index contributed by atoms with van der Waals surface area (Å²) in [5, 5.41) is 16.7. The number of aliphatic hydroxyl groups excluding tert-OH is 1. The third-order valence-electron chi connectivity index (χ3n) is 10.4. The molecular weight excluding hydrogens is 793 g/mol. The Labute approximate surface area is 364 Å². The molecule has 0 fully saturated rings. The number of anilines is 2. The maximum absolute atomic E-state index is 13.4. The van der Waals surface area contributed by atoms with Gasteiger partial charge in [-0.15, -0.1) is 5.59 Å². The van der Waals surface area contributed by atoms with Crippen molar-refractivity contribution in [3.63, 3.8) is 0 Å². The molecule has 316 valence electrons. The molecule has 0 aliphatic heterocycles. The Hall–Kier alpha value is -7.55. The van der Waals surface area contributed by atoms with Crippen LogP contribution in [0.15, 0.2) is 152 Å². The summed E-state index contributed by atoms with van der Waals surface area (Å²) in [5.74, 6) is 0.135. The van der Waals surface area contributed by atoms with Crippen molar-refractivity contribution >= 4 is 45.0 Å². The lowest BCUT2D eigenvalue weighted by Crippen LogP contribution is -2.38. The predicted molar refractivity (Wildman–Crippen MR) is 248 cm³/mol. The van der Waals surface area contributed by atoms with E-state index in [1.807, 2.05) is 127 Å². The van der Waals surface area contributed by atoms with Crippen molar-refractivity contribution in [1.29, 1.82) is 0 Å². The number of carbonyl (C=O) groups excluding carboxylic acids is 2. The molecule has 0 aliphatic carbocycles. The summed E-state index contributed by atoms with van der Waals surface area (Å²) >= 11 is 0. The average molecular weight is 839 g/mol. The number of pyridine rings is 3. The van der Waals surface area contributed by atoms with Crippen LogP contribution in [0.1, 0.15) is 23.2 Å². The third-order valence-corrected chi connectivity index (χ3v) is 10.4. The SMILES string of the molecule is NCC(=O)Nc1cc(-c2ccc(-c3ccc(NCCONNC(=O)c4cc(-c5ccc(-c6ccc(OCCCCO)cc6)cc5)nc5ccncc45)cc3)cc2)nc2ccccc12. The summed E-state index contributed by atoms with van der Waals surface area (Å²) in [6.45, 7) is 1.37. The molecule has 63 heavy (non-hydrogen) atoms. The van der Waals surface area contributed by atoms with Crippen molar-refractivity contribution in [3.05, 3.63) is 157 Å². The van der Waals surface area contributed by atoms with Gasteiger partial charge in [0.25, 0.3) is 5.91 Å². The van der Waals surface area contributed by atoms with E-state index in [0.717, 1.165) is 74.3 Å². The quantitative estimate of drug-likeness (QED) is 0.0362. The molecule has 0 saturated heterocycles. The highest BCUT2D eigenvalue weighted by Gasteiger charge is 2.15. The van der Waals surface area contributed by atoms with E-state index in [2.05, 4.69) is 26.6 Å². The van der Waals surface area contributed by atoms with Crippen LogP contribution in [-0.4, -0.2) is 64.8 Å². The lowest BCUT2D eigenvalue weighted by atomic mass is 10.0. The first-order valence-electron chi connectivity index (χ1n) is 20.7. The smallest absolute Gasteiger partial charge is 0.267 e. The Balaban J connectivity index is 0.827. The highest BCUT2D eigenvalue weighted by molar-refractivity contribution is 6.07. The van der Waals surface area contributed by atoms with Crippen molar-refractivity contribution < 1.29 is 24.3 Å². The van der Waals surface area contributed by atoms with Crippen LogP contribution in [0.3, 0.4) is 0 Å². The summed E-state index contributed by atoms with van der Waals surface area (Å²) in [5.41, 5.74) is 21.5. The molecule has 8 aromatic rings. The second kappa shape index (κ2) is 20.3. The highest BCUT2D eigenvalue weighted by atomic mass is 16.7. The number of amides is 2. The molecule has 0 aliphatic rings. The molecule has 0 bridgehead atoms.